The molecule has 0 saturated heterocycles. The van der Waals surface area contributed by atoms with Crippen molar-refractivity contribution in [3.63, 3.8) is 0 Å². The average Bonchev–Trinajstić information content (AvgIpc) is 2.75. The first kappa shape index (κ1) is 10.7. The van der Waals surface area contributed by atoms with Crippen LogP contribution < -0.4 is 5.32 Å². The van der Waals surface area contributed by atoms with Gasteiger partial charge in [0.05, 0.1) is 17.4 Å². The highest BCUT2D eigenvalue weighted by atomic mass is 32.1. The molecule has 0 radical (unpaired) electrons. The number of benzene rings is 1. The van der Waals surface area contributed by atoms with Gasteiger partial charge in [-0.1, -0.05) is 0 Å². The van der Waals surface area contributed by atoms with Gasteiger partial charge in [-0.3, -0.25) is 9.78 Å². The van der Waals surface area contributed by atoms with Crippen LogP contribution in [0, 0.1) is 11.6 Å². The Morgan fingerprint density at radius 1 is 1.38 bits per heavy atom. The van der Waals surface area contributed by atoms with E-state index in [0.29, 0.717) is 10.9 Å². The van der Waals surface area contributed by atoms with E-state index in [-0.39, 0.29) is 5.69 Å². The van der Waals surface area contributed by atoms with Crippen LogP contribution in [0.1, 0.15) is 9.67 Å². The summed E-state index contributed by atoms with van der Waals surface area (Å²) in [6.45, 7) is 0. The van der Waals surface area contributed by atoms with Crippen molar-refractivity contribution < 1.29 is 13.6 Å². The van der Waals surface area contributed by atoms with Crippen molar-refractivity contribution in [2.45, 2.75) is 0 Å². The van der Waals surface area contributed by atoms with Crippen molar-refractivity contribution in [3.8, 4) is 0 Å². The van der Waals surface area contributed by atoms with Crippen LogP contribution in [0.4, 0.5) is 14.5 Å². The summed E-state index contributed by atoms with van der Waals surface area (Å²) in [5, 5.41) is 2.33. The Balaban J connectivity index is 2.18. The van der Waals surface area contributed by atoms with Gasteiger partial charge in [-0.2, -0.15) is 0 Å². The fourth-order valence-corrected chi connectivity index (χ4v) is 1.62. The van der Waals surface area contributed by atoms with Crippen LogP contribution in [0.5, 0.6) is 0 Å². The topological polar surface area (TPSA) is 42.0 Å². The molecule has 0 spiro atoms. The minimum absolute atomic E-state index is 0.0557. The van der Waals surface area contributed by atoms with E-state index >= 15 is 0 Å². The van der Waals surface area contributed by atoms with Gasteiger partial charge in [0.2, 0.25) is 0 Å². The van der Waals surface area contributed by atoms with E-state index in [0.717, 1.165) is 17.4 Å². The number of aromatic nitrogens is 1. The number of nitrogens with zero attached hydrogens (tertiary/aromatic N) is 1. The Morgan fingerprint density at radius 3 is 2.81 bits per heavy atom. The molecule has 0 saturated carbocycles. The maximum Gasteiger partial charge on any atom is 0.267 e. The summed E-state index contributed by atoms with van der Waals surface area (Å²) < 4.78 is 25.8. The van der Waals surface area contributed by atoms with Crippen molar-refractivity contribution in [1.82, 2.24) is 4.98 Å². The third-order valence-electron chi connectivity index (χ3n) is 1.84. The van der Waals surface area contributed by atoms with E-state index in [1.54, 1.807) is 0 Å². The van der Waals surface area contributed by atoms with Crippen LogP contribution in [0.2, 0.25) is 0 Å². The first-order valence-corrected chi connectivity index (χ1v) is 5.19. The quantitative estimate of drug-likeness (QED) is 0.876. The van der Waals surface area contributed by atoms with Crippen LogP contribution in [0.3, 0.4) is 0 Å². The molecule has 82 valence electrons. The molecular formula is C10H6F2N2OS. The normalized spacial score (nSPS) is 10.1. The highest BCUT2D eigenvalue weighted by Gasteiger charge is 2.10. The monoisotopic (exact) mass is 240 g/mol. The molecule has 6 heteroatoms. The molecule has 1 amide bonds. The Bertz CT molecular complexity index is 514. The van der Waals surface area contributed by atoms with Gasteiger partial charge in [-0.25, -0.2) is 8.78 Å². The molecule has 0 aliphatic rings. The summed E-state index contributed by atoms with van der Waals surface area (Å²) >= 11 is 1.14. The van der Waals surface area contributed by atoms with Gasteiger partial charge in [-0.05, 0) is 12.1 Å². The first-order chi connectivity index (χ1) is 7.66. The Kier molecular flexibility index (Phi) is 2.91. The van der Waals surface area contributed by atoms with Crippen molar-refractivity contribution in [2.24, 2.45) is 0 Å². The predicted molar refractivity (Wildman–Crippen MR) is 56.4 cm³/mol. The lowest BCUT2D eigenvalue weighted by molar-refractivity contribution is 0.103. The minimum atomic E-state index is -0.808. The highest BCUT2D eigenvalue weighted by molar-refractivity contribution is 7.11. The summed E-state index contributed by atoms with van der Waals surface area (Å²) in [5.41, 5.74) is 1.44. The molecule has 2 rings (SSSR count). The van der Waals surface area contributed by atoms with Crippen molar-refractivity contribution in [3.05, 3.63) is 46.4 Å². The van der Waals surface area contributed by atoms with Gasteiger partial charge >= 0.3 is 0 Å². The second-order valence-electron chi connectivity index (χ2n) is 2.94. The number of halogens is 2. The second kappa shape index (κ2) is 4.36. The van der Waals surface area contributed by atoms with Crippen LogP contribution in [-0.4, -0.2) is 10.9 Å². The highest BCUT2D eigenvalue weighted by Crippen LogP contribution is 2.16. The zero-order chi connectivity index (χ0) is 11.5. The van der Waals surface area contributed by atoms with Crippen LogP contribution in [0.25, 0.3) is 0 Å². The third-order valence-corrected chi connectivity index (χ3v) is 2.61. The number of carbonyl (C=O) groups excluding carboxylic acids is 1. The molecule has 0 fully saturated rings. The van der Waals surface area contributed by atoms with Gasteiger partial charge in [-0.15, -0.1) is 11.3 Å². The van der Waals surface area contributed by atoms with Crippen LogP contribution in [0.15, 0.2) is 29.9 Å². The van der Waals surface area contributed by atoms with Gasteiger partial charge in [0, 0.05) is 6.07 Å². The summed E-state index contributed by atoms with van der Waals surface area (Å²) in [5.74, 6) is -1.96. The Morgan fingerprint density at radius 2 is 2.19 bits per heavy atom. The zero-order valence-electron chi connectivity index (χ0n) is 7.91. The standard InChI is InChI=1S/C10H6F2N2OS/c11-6-1-2-8(7(12)3-6)14-10(15)9-4-13-5-16-9/h1-5H,(H,14,15). The number of nitrogens with one attached hydrogen (secondary N) is 1. The molecule has 0 atom stereocenters. The van der Waals surface area contributed by atoms with Gasteiger partial charge in [0.1, 0.15) is 16.5 Å². The predicted octanol–water partition coefficient (Wildman–Crippen LogP) is 2.67. The fraction of sp³-hybridized carbons (Fsp3) is 0. The summed E-state index contributed by atoms with van der Waals surface area (Å²) in [6.07, 6.45) is 1.38. The molecule has 3 nitrogen and oxygen atoms in total. The average molecular weight is 240 g/mol. The lowest BCUT2D eigenvalue weighted by Crippen LogP contribution is -2.11. The summed E-state index contributed by atoms with van der Waals surface area (Å²) in [6, 6.07) is 2.96. The summed E-state index contributed by atoms with van der Waals surface area (Å²) in [4.78, 5) is 15.6. The van der Waals surface area contributed by atoms with E-state index in [4.69, 9.17) is 0 Å². The molecule has 0 aliphatic carbocycles. The van der Waals surface area contributed by atoms with Crippen molar-refractivity contribution in [1.29, 1.82) is 0 Å². The molecule has 1 aromatic heterocycles. The number of rotatable bonds is 2. The molecule has 0 aliphatic heterocycles. The van der Waals surface area contributed by atoms with E-state index < -0.39 is 17.5 Å². The lowest BCUT2D eigenvalue weighted by Gasteiger charge is -2.04. The number of hydrogen-bond acceptors (Lipinski definition) is 3. The van der Waals surface area contributed by atoms with Crippen molar-refractivity contribution >= 4 is 22.9 Å². The lowest BCUT2D eigenvalue weighted by atomic mass is 10.3. The maximum absolute atomic E-state index is 13.2. The van der Waals surface area contributed by atoms with E-state index in [1.807, 2.05) is 0 Å². The molecule has 0 unspecified atom stereocenters. The van der Waals surface area contributed by atoms with E-state index in [9.17, 15) is 13.6 Å². The largest absolute Gasteiger partial charge is 0.319 e. The molecule has 2 aromatic rings. The fourth-order valence-electron chi connectivity index (χ4n) is 1.10. The van der Waals surface area contributed by atoms with Crippen LogP contribution >= 0.6 is 11.3 Å². The van der Waals surface area contributed by atoms with Crippen molar-refractivity contribution in [2.75, 3.05) is 5.32 Å². The smallest absolute Gasteiger partial charge is 0.267 e. The molecule has 1 heterocycles. The number of amides is 1. The molecular weight excluding hydrogens is 234 g/mol. The number of hydrogen-bond donors (Lipinski definition) is 1. The minimum Gasteiger partial charge on any atom is -0.319 e. The molecule has 0 bridgehead atoms. The third kappa shape index (κ3) is 2.22. The molecule has 1 aromatic carbocycles. The first-order valence-electron chi connectivity index (χ1n) is 4.32. The molecule has 16 heavy (non-hydrogen) atoms. The molecule has 1 N–H and O–H groups in total. The second-order valence-corrected chi connectivity index (χ2v) is 3.83. The summed E-state index contributed by atoms with van der Waals surface area (Å²) in [7, 11) is 0. The Labute approximate surface area is 93.8 Å². The Hall–Kier alpha value is -1.82. The van der Waals surface area contributed by atoms with Gasteiger partial charge < -0.3 is 5.32 Å². The number of thiazole rings is 1. The SMILES string of the molecule is O=C(Nc1ccc(F)cc1F)c1cncs1. The van der Waals surface area contributed by atoms with E-state index in [1.165, 1.54) is 17.8 Å². The zero-order valence-corrected chi connectivity index (χ0v) is 8.72. The van der Waals surface area contributed by atoms with E-state index in [2.05, 4.69) is 10.3 Å². The maximum atomic E-state index is 13.2. The van der Waals surface area contributed by atoms with Gasteiger partial charge in [0.15, 0.2) is 0 Å². The van der Waals surface area contributed by atoms with Gasteiger partial charge in [0.25, 0.3) is 5.91 Å². The number of anilines is 1. The number of carbonyl (C=O) groups is 1. The van der Waals surface area contributed by atoms with Crippen LogP contribution in [-0.2, 0) is 0 Å².